The molecular formula is C24H18ClF3N10O2. The predicted octanol–water partition coefficient (Wildman–Crippen LogP) is 3.30. The summed E-state index contributed by atoms with van der Waals surface area (Å²) in [4.78, 5) is 30.7. The fraction of sp³-hybridized carbons (Fsp3) is 0.250. The molecule has 12 nitrogen and oxygen atoms in total. The van der Waals surface area contributed by atoms with E-state index in [9.17, 15) is 28.0 Å². The summed E-state index contributed by atoms with van der Waals surface area (Å²) >= 11 is 6.29. The van der Waals surface area contributed by atoms with Gasteiger partial charge in [0.1, 0.15) is 5.69 Å². The molecule has 5 rings (SSSR count). The van der Waals surface area contributed by atoms with Gasteiger partial charge in [-0.05, 0) is 66.1 Å². The van der Waals surface area contributed by atoms with Crippen LogP contribution in [0.15, 0.2) is 36.5 Å². The summed E-state index contributed by atoms with van der Waals surface area (Å²) in [6.45, 7) is 1.10. The van der Waals surface area contributed by atoms with Gasteiger partial charge in [0, 0.05) is 12.2 Å². The molecule has 16 heteroatoms. The van der Waals surface area contributed by atoms with E-state index in [1.54, 1.807) is 13.0 Å². The van der Waals surface area contributed by atoms with Gasteiger partial charge in [0.15, 0.2) is 5.82 Å². The fourth-order valence-corrected chi connectivity index (χ4v) is 4.10. The van der Waals surface area contributed by atoms with E-state index >= 15 is 0 Å². The van der Waals surface area contributed by atoms with Gasteiger partial charge in [-0.2, -0.15) is 23.5 Å². The number of hydrogen-bond donors (Lipinski definition) is 2. The third-order valence-electron chi connectivity index (χ3n) is 5.89. The van der Waals surface area contributed by atoms with Gasteiger partial charge in [0.05, 0.1) is 40.1 Å². The minimum atomic E-state index is -4.82. The summed E-state index contributed by atoms with van der Waals surface area (Å²) in [5, 5.41) is 28.8. The van der Waals surface area contributed by atoms with Gasteiger partial charge >= 0.3 is 6.18 Å². The van der Waals surface area contributed by atoms with Crippen LogP contribution in [0.5, 0.6) is 0 Å². The number of hydrogen-bond acceptors (Lipinski definition) is 8. The number of anilines is 1. The highest BCUT2D eigenvalue weighted by Gasteiger charge is 2.38. The van der Waals surface area contributed by atoms with Crippen molar-refractivity contribution in [2.24, 2.45) is 0 Å². The van der Waals surface area contributed by atoms with E-state index in [1.165, 1.54) is 30.5 Å². The molecule has 0 saturated heterocycles. The van der Waals surface area contributed by atoms with Crippen LogP contribution in [0.3, 0.4) is 0 Å². The van der Waals surface area contributed by atoms with Crippen LogP contribution in [0.4, 0.5) is 18.9 Å². The van der Waals surface area contributed by atoms with E-state index < -0.39 is 30.4 Å². The number of amides is 2. The second-order valence-corrected chi connectivity index (χ2v) is 9.34. The zero-order chi connectivity index (χ0) is 28.6. The molecule has 0 bridgehead atoms. The van der Waals surface area contributed by atoms with Crippen LogP contribution in [0.1, 0.15) is 56.3 Å². The second kappa shape index (κ2) is 10.4. The van der Waals surface area contributed by atoms with Gasteiger partial charge in [-0.1, -0.05) is 11.6 Å². The Labute approximate surface area is 228 Å². The molecule has 0 aliphatic heterocycles. The van der Waals surface area contributed by atoms with E-state index in [0.29, 0.717) is 10.2 Å². The average Bonchev–Trinajstić information content (AvgIpc) is 3.41. The van der Waals surface area contributed by atoms with Crippen LogP contribution in [0.25, 0.3) is 5.82 Å². The molecule has 0 radical (unpaired) electrons. The average molecular weight is 571 g/mol. The summed E-state index contributed by atoms with van der Waals surface area (Å²) in [6, 6.07) is 9.19. The van der Waals surface area contributed by atoms with Gasteiger partial charge in [-0.15, -0.1) is 5.10 Å². The van der Waals surface area contributed by atoms with Crippen molar-refractivity contribution >= 4 is 29.1 Å². The maximum Gasteiger partial charge on any atom is 0.453 e. The van der Waals surface area contributed by atoms with E-state index in [2.05, 4.69) is 36.2 Å². The number of carbonyl (C=O) groups is 2. The van der Waals surface area contributed by atoms with Crippen molar-refractivity contribution in [2.75, 3.05) is 5.32 Å². The molecule has 2 amide bonds. The summed E-state index contributed by atoms with van der Waals surface area (Å²) in [5.41, 5.74) is 0.762. The van der Waals surface area contributed by atoms with Gasteiger partial charge in [-0.25, -0.2) is 14.3 Å². The zero-order valence-electron chi connectivity index (χ0n) is 20.6. The lowest BCUT2D eigenvalue weighted by Gasteiger charge is -2.15. The smallest absolute Gasteiger partial charge is 0.349 e. The first-order valence-corrected chi connectivity index (χ1v) is 12.1. The number of alkyl halides is 3. The third-order valence-corrected chi connectivity index (χ3v) is 6.18. The lowest BCUT2D eigenvalue weighted by atomic mass is 10.0. The molecule has 4 aromatic rings. The van der Waals surface area contributed by atoms with Gasteiger partial charge in [0.2, 0.25) is 0 Å². The Kier molecular flexibility index (Phi) is 6.94. The van der Waals surface area contributed by atoms with Crippen molar-refractivity contribution < 1.29 is 22.8 Å². The molecule has 2 N–H and O–H groups in total. The second-order valence-electron chi connectivity index (χ2n) is 8.93. The van der Waals surface area contributed by atoms with Crippen molar-refractivity contribution in [3.63, 3.8) is 0 Å². The number of pyridine rings is 1. The minimum Gasteiger partial charge on any atom is -0.349 e. The molecule has 1 saturated carbocycles. The Morgan fingerprint density at radius 1 is 1.23 bits per heavy atom. The van der Waals surface area contributed by atoms with Gasteiger partial charge in [0.25, 0.3) is 17.6 Å². The predicted molar refractivity (Wildman–Crippen MR) is 133 cm³/mol. The van der Waals surface area contributed by atoms with Crippen LogP contribution in [-0.2, 0) is 12.7 Å². The van der Waals surface area contributed by atoms with Crippen LogP contribution >= 0.6 is 11.6 Å². The number of nitrogens with zero attached hydrogens (tertiary/aromatic N) is 8. The summed E-state index contributed by atoms with van der Waals surface area (Å²) in [7, 11) is 0. The molecule has 0 spiro atoms. The Balaban J connectivity index is 1.54. The number of nitriles is 1. The Morgan fingerprint density at radius 2 is 2.00 bits per heavy atom. The van der Waals surface area contributed by atoms with E-state index in [1.807, 2.05) is 6.07 Å². The van der Waals surface area contributed by atoms with Crippen molar-refractivity contribution in [1.29, 1.82) is 5.26 Å². The Morgan fingerprint density at radius 3 is 2.67 bits per heavy atom. The van der Waals surface area contributed by atoms with Crippen molar-refractivity contribution in [2.45, 2.75) is 38.5 Å². The first kappa shape index (κ1) is 26.8. The van der Waals surface area contributed by atoms with Crippen LogP contribution in [-0.4, -0.2) is 52.8 Å². The third kappa shape index (κ3) is 5.47. The maximum atomic E-state index is 13.6. The monoisotopic (exact) mass is 570 g/mol. The SMILES string of the molecule is Cc1cc(C#N)cc(C(=O)NC2CC2)c1NC(=O)c1cc(Cn2nnnc2C(F)(F)F)nn1-c1ncccc1Cl. The molecule has 0 unspecified atom stereocenters. The molecule has 40 heavy (non-hydrogen) atoms. The van der Waals surface area contributed by atoms with Crippen LogP contribution in [0.2, 0.25) is 5.02 Å². The number of rotatable bonds is 7. The Bertz CT molecular complexity index is 1670. The number of aromatic nitrogens is 7. The van der Waals surface area contributed by atoms with E-state index in [-0.39, 0.29) is 45.1 Å². The van der Waals surface area contributed by atoms with E-state index in [0.717, 1.165) is 17.5 Å². The molecule has 1 aliphatic rings. The number of halogens is 4. The van der Waals surface area contributed by atoms with Crippen molar-refractivity contribution in [1.82, 2.24) is 40.3 Å². The highest BCUT2D eigenvalue weighted by atomic mass is 35.5. The van der Waals surface area contributed by atoms with Crippen molar-refractivity contribution in [3.05, 3.63) is 75.5 Å². The lowest BCUT2D eigenvalue weighted by molar-refractivity contribution is -0.147. The topological polar surface area (TPSA) is 156 Å². The molecule has 1 aliphatic carbocycles. The highest BCUT2D eigenvalue weighted by molar-refractivity contribution is 6.32. The molecular weight excluding hydrogens is 553 g/mol. The van der Waals surface area contributed by atoms with Gasteiger partial charge in [-0.3, -0.25) is 9.59 Å². The number of carbonyl (C=O) groups excluding carboxylic acids is 2. The molecule has 0 atom stereocenters. The number of nitrogens with one attached hydrogen (secondary N) is 2. The number of aryl methyl sites for hydroxylation is 1. The quantitative estimate of drug-likeness (QED) is 0.343. The summed E-state index contributed by atoms with van der Waals surface area (Å²) in [5.74, 6) is -2.53. The Hall–Kier alpha value is -4.84. The van der Waals surface area contributed by atoms with Crippen LogP contribution in [0, 0.1) is 18.3 Å². The van der Waals surface area contributed by atoms with Crippen LogP contribution < -0.4 is 10.6 Å². The standard InChI is InChI=1S/C24H18ClF3N10O2/c1-12-7-13(10-29)8-16(21(39)31-14-4-5-14)19(12)32-22(40)18-9-15(11-37-23(24(26,27)28)33-35-36-37)34-38(18)20-17(25)3-2-6-30-20/h2-3,6-9,14H,4-5,11H2,1H3,(H,31,39)(H,32,40). The molecule has 1 fully saturated rings. The number of benzene rings is 1. The largest absolute Gasteiger partial charge is 0.453 e. The normalized spacial score (nSPS) is 13.1. The highest BCUT2D eigenvalue weighted by Crippen LogP contribution is 2.29. The maximum absolute atomic E-state index is 13.6. The lowest BCUT2D eigenvalue weighted by Crippen LogP contribution is -2.28. The first-order chi connectivity index (χ1) is 19.0. The minimum absolute atomic E-state index is 0.00656. The zero-order valence-corrected chi connectivity index (χ0v) is 21.3. The first-order valence-electron chi connectivity index (χ1n) is 11.7. The molecule has 3 aromatic heterocycles. The van der Waals surface area contributed by atoms with Crippen molar-refractivity contribution in [3.8, 4) is 11.9 Å². The summed E-state index contributed by atoms with van der Waals surface area (Å²) < 4.78 is 41.5. The fourth-order valence-electron chi connectivity index (χ4n) is 3.90. The molecule has 3 heterocycles. The van der Waals surface area contributed by atoms with Gasteiger partial charge < -0.3 is 10.6 Å². The summed E-state index contributed by atoms with van der Waals surface area (Å²) in [6.07, 6.45) is -1.76. The molecule has 1 aromatic carbocycles. The molecule has 204 valence electrons. The number of tetrazole rings is 1. The van der Waals surface area contributed by atoms with E-state index in [4.69, 9.17) is 11.6 Å².